The Labute approximate surface area is 140 Å². The molecule has 0 aliphatic carbocycles. The second kappa shape index (κ2) is 7.81. The van der Waals surface area contributed by atoms with Crippen LogP contribution in [-0.2, 0) is 20.9 Å². The third kappa shape index (κ3) is 4.04. The molecule has 1 aliphatic rings. The van der Waals surface area contributed by atoms with Crippen molar-refractivity contribution in [2.45, 2.75) is 38.5 Å². The molecule has 1 heterocycles. The molecule has 2 amide bonds. The Morgan fingerprint density at radius 2 is 2.00 bits per heavy atom. The van der Waals surface area contributed by atoms with Crippen molar-refractivity contribution in [2.24, 2.45) is 0 Å². The molecule has 0 aromatic heterocycles. The summed E-state index contributed by atoms with van der Waals surface area (Å²) in [6.07, 6.45) is 0.471. The normalized spacial score (nSPS) is 18.1. The average Bonchev–Trinajstić information content (AvgIpc) is 3.08. The number of rotatable bonds is 5. The van der Waals surface area contributed by atoms with E-state index in [9.17, 15) is 19.5 Å². The smallest absolute Gasteiger partial charge is 0.410 e. The van der Waals surface area contributed by atoms with E-state index in [1.54, 1.807) is 6.92 Å². The molecule has 2 rings (SSSR count). The molecule has 0 bridgehead atoms. The molecular formula is C17H22N2O5. The number of carbonyl (C=O) groups is 3. The van der Waals surface area contributed by atoms with E-state index in [0.29, 0.717) is 19.4 Å². The largest absolute Gasteiger partial charge is 0.480 e. The van der Waals surface area contributed by atoms with Gasteiger partial charge in [0.25, 0.3) is 0 Å². The van der Waals surface area contributed by atoms with Crippen LogP contribution in [0.5, 0.6) is 0 Å². The van der Waals surface area contributed by atoms with Gasteiger partial charge in [0.1, 0.15) is 18.7 Å². The van der Waals surface area contributed by atoms with Gasteiger partial charge in [-0.05, 0) is 25.3 Å². The lowest BCUT2D eigenvalue weighted by atomic mass is 10.2. The maximum absolute atomic E-state index is 12.5. The van der Waals surface area contributed by atoms with Gasteiger partial charge in [0, 0.05) is 13.6 Å². The van der Waals surface area contributed by atoms with Crippen LogP contribution < -0.4 is 0 Å². The van der Waals surface area contributed by atoms with Gasteiger partial charge in [0.2, 0.25) is 5.91 Å². The van der Waals surface area contributed by atoms with Gasteiger partial charge >= 0.3 is 12.1 Å². The van der Waals surface area contributed by atoms with E-state index in [1.165, 1.54) is 16.8 Å². The van der Waals surface area contributed by atoms with Crippen molar-refractivity contribution in [3.8, 4) is 0 Å². The van der Waals surface area contributed by atoms with Crippen LogP contribution in [0.15, 0.2) is 30.3 Å². The fraction of sp³-hybridized carbons (Fsp3) is 0.471. The minimum absolute atomic E-state index is 0.117. The fourth-order valence-corrected chi connectivity index (χ4v) is 2.67. The standard InChI is InChI=1S/C17H22N2O5/c1-12(15(20)19-10-6-9-14(19)16(21)22)18(2)17(23)24-11-13-7-4-3-5-8-13/h3-5,7-8,12,14H,6,9-11H2,1-2H3,(H,21,22)/t12-,14-/m0/s1. The van der Waals surface area contributed by atoms with Crippen molar-refractivity contribution < 1.29 is 24.2 Å². The molecule has 130 valence electrons. The van der Waals surface area contributed by atoms with E-state index < -0.39 is 24.1 Å². The predicted octanol–water partition coefficient (Wildman–Crippen LogP) is 1.72. The van der Waals surface area contributed by atoms with Gasteiger partial charge in [-0.1, -0.05) is 30.3 Å². The van der Waals surface area contributed by atoms with Gasteiger partial charge in [0.05, 0.1) is 0 Å². The van der Waals surface area contributed by atoms with Crippen LogP contribution in [0, 0.1) is 0 Å². The second-order valence-electron chi connectivity index (χ2n) is 5.85. The van der Waals surface area contributed by atoms with Crippen molar-refractivity contribution in [3.05, 3.63) is 35.9 Å². The lowest BCUT2D eigenvalue weighted by Gasteiger charge is -2.29. The van der Waals surface area contributed by atoms with Gasteiger partial charge in [-0.3, -0.25) is 9.69 Å². The number of hydrogen-bond acceptors (Lipinski definition) is 4. The number of carboxylic acids is 1. The molecule has 7 nitrogen and oxygen atoms in total. The van der Waals surface area contributed by atoms with Crippen molar-refractivity contribution in [1.29, 1.82) is 0 Å². The summed E-state index contributed by atoms with van der Waals surface area (Å²) in [4.78, 5) is 38.3. The minimum atomic E-state index is -1.01. The first-order chi connectivity index (χ1) is 11.4. The first kappa shape index (κ1) is 17.8. The zero-order valence-corrected chi connectivity index (χ0v) is 13.8. The summed E-state index contributed by atoms with van der Waals surface area (Å²) < 4.78 is 5.20. The van der Waals surface area contributed by atoms with E-state index in [4.69, 9.17) is 4.74 Å². The first-order valence-corrected chi connectivity index (χ1v) is 7.88. The summed E-state index contributed by atoms with van der Waals surface area (Å²) in [5.74, 6) is -1.39. The van der Waals surface area contributed by atoms with E-state index in [0.717, 1.165) is 5.56 Å². The highest BCUT2D eigenvalue weighted by atomic mass is 16.6. The SMILES string of the molecule is C[C@@H](C(=O)N1CCC[C@H]1C(=O)O)N(C)C(=O)OCc1ccccc1. The van der Waals surface area contributed by atoms with Gasteiger partial charge in [-0.15, -0.1) is 0 Å². The summed E-state index contributed by atoms with van der Waals surface area (Å²) >= 11 is 0. The van der Waals surface area contributed by atoms with Crippen molar-refractivity contribution >= 4 is 18.0 Å². The van der Waals surface area contributed by atoms with Crippen LogP contribution in [0.2, 0.25) is 0 Å². The van der Waals surface area contributed by atoms with Crippen LogP contribution in [-0.4, -0.2) is 58.6 Å². The molecule has 0 saturated carbocycles. The van der Waals surface area contributed by atoms with Gasteiger partial charge < -0.3 is 14.7 Å². The van der Waals surface area contributed by atoms with Crippen LogP contribution >= 0.6 is 0 Å². The van der Waals surface area contributed by atoms with Crippen LogP contribution in [0.4, 0.5) is 4.79 Å². The number of aliphatic carboxylic acids is 1. The summed E-state index contributed by atoms with van der Waals surface area (Å²) in [6, 6.07) is 7.64. The number of nitrogens with zero attached hydrogens (tertiary/aromatic N) is 2. The summed E-state index contributed by atoms with van der Waals surface area (Å²) in [6.45, 7) is 2.09. The molecule has 0 unspecified atom stereocenters. The number of carboxylic acid groups (broad SMARTS) is 1. The number of hydrogen-bond donors (Lipinski definition) is 1. The number of carbonyl (C=O) groups excluding carboxylic acids is 2. The Kier molecular flexibility index (Phi) is 5.78. The van der Waals surface area contributed by atoms with Gasteiger partial charge in [-0.2, -0.15) is 0 Å². The molecule has 1 aliphatic heterocycles. The van der Waals surface area contributed by atoms with Gasteiger partial charge in [-0.25, -0.2) is 9.59 Å². The van der Waals surface area contributed by atoms with E-state index in [-0.39, 0.29) is 12.5 Å². The summed E-state index contributed by atoms with van der Waals surface area (Å²) in [7, 11) is 1.47. The molecular weight excluding hydrogens is 312 g/mol. The molecule has 0 radical (unpaired) electrons. The highest BCUT2D eigenvalue weighted by molar-refractivity contribution is 5.89. The zero-order chi connectivity index (χ0) is 17.7. The van der Waals surface area contributed by atoms with Crippen LogP contribution in [0.25, 0.3) is 0 Å². The number of likely N-dealkylation sites (N-methyl/N-ethyl adjacent to an activating group) is 1. The maximum atomic E-state index is 12.5. The van der Waals surface area contributed by atoms with Crippen molar-refractivity contribution in [2.75, 3.05) is 13.6 Å². The summed E-state index contributed by atoms with van der Waals surface area (Å²) in [5.41, 5.74) is 0.851. The van der Waals surface area contributed by atoms with Crippen molar-refractivity contribution in [3.63, 3.8) is 0 Å². The lowest BCUT2D eigenvalue weighted by molar-refractivity contribution is -0.149. The van der Waals surface area contributed by atoms with E-state index in [1.807, 2.05) is 30.3 Å². The first-order valence-electron chi connectivity index (χ1n) is 7.88. The van der Waals surface area contributed by atoms with Gasteiger partial charge in [0.15, 0.2) is 0 Å². The number of likely N-dealkylation sites (tertiary alicyclic amines) is 1. The Hall–Kier alpha value is -2.57. The predicted molar refractivity (Wildman–Crippen MR) is 86.2 cm³/mol. The Morgan fingerprint density at radius 3 is 2.62 bits per heavy atom. The molecule has 1 aromatic carbocycles. The van der Waals surface area contributed by atoms with Crippen LogP contribution in [0.1, 0.15) is 25.3 Å². The van der Waals surface area contributed by atoms with E-state index >= 15 is 0 Å². The summed E-state index contributed by atoms with van der Waals surface area (Å²) in [5, 5.41) is 9.17. The van der Waals surface area contributed by atoms with Crippen molar-refractivity contribution in [1.82, 2.24) is 9.80 Å². The topological polar surface area (TPSA) is 87.2 Å². The average molecular weight is 334 g/mol. The highest BCUT2D eigenvalue weighted by Gasteiger charge is 2.37. The number of benzene rings is 1. The minimum Gasteiger partial charge on any atom is -0.480 e. The lowest BCUT2D eigenvalue weighted by Crippen LogP contribution is -2.51. The van der Waals surface area contributed by atoms with Crippen LogP contribution in [0.3, 0.4) is 0 Å². The zero-order valence-electron chi connectivity index (χ0n) is 13.8. The number of amides is 2. The Morgan fingerprint density at radius 1 is 1.33 bits per heavy atom. The molecule has 1 N–H and O–H groups in total. The molecule has 1 saturated heterocycles. The second-order valence-corrected chi connectivity index (χ2v) is 5.85. The fourth-order valence-electron chi connectivity index (χ4n) is 2.67. The molecule has 7 heteroatoms. The molecule has 2 atom stereocenters. The molecule has 1 fully saturated rings. The number of ether oxygens (including phenoxy) is 1. The maximum Gasteiger partial charge on any atom is 0.410 e. The third-order valence-corrected chi connectivity index (χ3v) is 4.25. The molecule has 0 spiro atoms. The highest BCUT2D eigenvalue weighted by Crippen LogP contribution is 2.19. The molecule has 1 aromatic rings. The molecule has 24 heavy (non-hydrogen) atoms. The van der Waals surface area contributed by atoms with E-state index in [2.05, 4.69) is 0 Å². The Balaban J connectivity index is 1.92. The quantitative estimate of drug-likeness (QED) is 0.886. The third-order valence-electron chi connectivity index (χ3n) is 4.25. The Bertz CT molecular complexity index is 604. The monoisotopic (exact) mass is 334 g/mol.